The molecule has 1 aromatic rings. The number of carbonyl (C=O) groups excluding carboxylic acids is 1. The summed E-state index contributed by atoms with van der Waals surface area (Å²) in [6.45, 7) is 3.30. The van der Waals surface area contributed by atoms with Crippen molar-refractivity contribution in [3.8, 4) is 0 Å². The molecular weight excluding hydrogens is 333 g/mol. The van der Waals surface area contributed by atoms with E-state index in [1.54, 1.807) is 39.1 Å². The highest BCUT2D eigenvalue weighted by Crippen LogP contribution is 2.25. The molecule has 21 heavy (non-hydrogen) atoms. The number of rotatable bonds is 6. The number of hydrogen-bond acceptors (Lipinski definition) is 3. The van der Waals surface area contributed by atoms with E-state index >= 15 is 0 Å². The number of likely N-dealkylation sites (N-methyl/N-ethyl adjacent to an activating group) is 1. The fourth-order valence-electron chi connectivity index (χ4n) is 1.82. The third-order valence-corrected chi connectivity index (χ3v) is 5.96. The maximum atomic E-state index is 12.2. The Morgan fingerprint density at radius 3 is 2.29 bits per heavy atom. The molecule has 0 aliphatic carbocycles. The van der Waals surface area contributed by atoms with Crippen LogP contribution >= 0.6 is 23.2 Å². The highest BCUT2D eigenvalue weighted by molar-refractivity contribution is 7.91. The van der Waals surface area contributed by atoms with Crippen molar-refractivity contribution in [2.75, 3.05) is 18.6 Å². The van der Waals surface area contributed by atoms with Crippen molar-refractivity contribution in [3.05, 3.63) is 33.8 Å². The van der Waals surface area contributed by atoms with Gasteiger partial charge >= 0.3 is 0 Å². The van der Waals surface area contributed by atoms with Gasteiger partial charge in [-0.15, -0.1) is 0 Å². The van der Waals surface area contributed by atoms with Crippen molar-refractivity contribution in [1.29, 1.82) is 0 Å². The Kier molecular flexibility index (Phi) is 6.50. The van der Waals surface area contributed by atoms with Crippen LogP contribution in [0.3, 0.4) is 0 Å². The molecule has 118 valence electrons. The molecule has 0 aromatic heterocycles. The van der Waals surface area contributed by atoms with Gasteiger partial charge in [0.2, 0.25) is 5.91 Å². The van der Waals surface area contributed by atoms with E-state index in [-0.39, 0.29) is 23.8 Å². The van der Waals surface area contributed by atoms with Crippen molar-refractivity contribution in [3.63, 3.8) is 0 Å². The van der Waals surface area contributed by atoms with Gasteiger partial charge < -0.3 is 4.90 Å². The minimum absolute atomic E-state index is 0.0471. The lowest BCUT2D eigenvalue weighted by atomic mass is 10.1. The molecule has 0 saturated carbocycles. The predicted octanol–water partition coefficient (Wildman–Crippen LogP) is 2.82. The zero-order valence-corrected chi connectivity index (χ0v) is 14.6. The minimum atomic E-state index is -3.13. The monoisotopic (exact) mass is 351 g/mol. The number of benzene rings is 1. The quantitative estimate of drug-likeness (QED) is 0.791. The standard InChI is InChI=1S/C14H19Cl2NO3S/c1-4-21(19,20)9-10(2)17(3)14(18)8-11-12(15)6-5-7-13(11)16/h5-7,10H,4,8-9H2,1-3H3. The van der Waals surface area contributed by atoms with Crippen LogP contribution in [0.2, 0.25) is 10.0 Å². The number of carbonyl (C=O) groups is 1. The lowest BCUT2D eigenvalue weighted by Gasteiger charge is -2.25. The third kappa shape index (κ3) is 5.16. The van der Waals surface area contributed by atoms with E-state index in [0.29, 0.717) is 15.6 Å². The molecule has 1 unspecified atom stereocenters. The molecule has 0 heterocycles. The number of amides is 1. The second-order valence-corrected chi connectivity index (χ2v) is 8.14. The molecule has 0 saturated heterocycles. The molecule has 0 N–H and O–H groups in total. The Bertz CT molecular complexity index is 596. The summed E-state index contributed by atoms with van der Waals surface area (Å²) in [6, 6.07) is 4.64. The van der Waals surface area contributed by atoms with Crippen LogP contribution in [0.25, 0.3) is 0 Å². The highest BCUT2D eigenvalue weighted by atomic mass is 35.5. The summed E-state index contributed by atoms with van der Waals surface area (Å²) >= 11 is 12.1. The van der Waals surface area contributed by atoms with Gasteiger partial charge in [-0.25, -0.2) is 8.42 Å². The van der Waals surface area contributed by atoms with Crippen LogP contribution in [-0.4, -0.2) is 43.8 Å². The third-order valence-electron chi connectivity index (χ3n) is 3.38. The first-order valence-corrected chi connectivity index (χ1v) is 9.14. The van der Waals surface area contributed by atoms with Gasteiger partial charge in [-0.1, -0.05) is 36.2 Å². The lowest BCUT2D eigenvalue weighted by Crippen LogP contribution is -2.40. The van der Waals surface area contributed by atoms with Crippen molar-refractivity contribution < 1.29 is 13.2 Å². The van der Waals surface area contributed by atoms with Crippen LogP contribution in [0.5, 0.6) is 0 Å². The SMILES string of the molecule is CCS(=O)(=O)CC(C)N(C)C(=O)Cc1c(Cl)cccc1Cl. The van der Waals surface area contributed by atoms with Crippen molar-refractivity contribution in [2.24, 2.45) is 0 Å². The average Bonchev–Trinajstić information content (AvgIpc) is 2.41. The Balaban J connectivity index is 2.80. The van der Waals surface area contributed by atoms with Gasteiger partial charge in [-0.3, -0.25) is 4.79 Å². The number of nitrogens with zero attached hydrogens (tertiary/aromatic N) is 1. The highest BCUT2D eigenvalue weighted by Gasteiger charge is 2.22. The van der Waals surface area contributed by atoms with Crippen LogP contribution in [-0.2, 0) is 21.1 Å². The van der Waals surface area contributed by atoms with Crippen LogP contribution in [0.1, 0.15) is 19.4 Å². The van der Waals surface area contributed by atoms with E-state index in [4.69, 9.17) is 23.2 Å². The summed E-state index contributed by atoms with van der Waals surface area (Å²) < 4.78 is 23.2. The average molecular weight is 352 g/mol. The van der Waals surface area contributed by atoms with Crippen LogP contribution in [0.15, 0.2) is 18.2 Å². The van der Waals surface area contributed by atoms with Crippen LogP contribution in [0, 0.1) is 0 Å². The maximum absolute atomic E-state index is 12.2. The van der Waals surface area contributed by atoms with Gasteiger partial charge in [0.1, 0.15) is 0 Å². The predicted molar refractivity (Wildman–Crippen MR) is 86.7 cm³/mol. The molecule has 0 spiro atoms. The van der Waals surface area contributed by atoms with Crippen molar-refractivity contribution in [1.82, 2.24) is 4.90 Å². The summed E-state index contributed by atoms with van der Waals surface area (Å²) in [7, 11) is -1.55. The van der Waals surface area contributed by atoms with E-state index in [1.165, 1.54) is 4.90 Å². The largest absolute Gasteiger partial charge is 0.342 e. The summed E-state index contributed by atoms with van der Waals surface area (Å²) in [5.41, 5.74) is 0.559. The summed E-state index contributed by atoms with van der Waals surface area (Å²) in [6.07, 6.45) is 0.0471. The molecule has 0 aliphatic rings. The molecule has 0 radical (unpaired) electrons. The Labute approximate surface area is 136 Å². The summed E-state index contributed by atoms with van der Waals surface area (Å²) in [5.74, 6) is -0.207. The zero-order valence-electron chi connectivity index (χ0n) is 12.3. The van der Waals surface area contributed by atoms with Crippen molar-refractivity contribution in [2.45, 2.75) is 26.3 Å². The van der Waals surface area contributed by atoms with Gasteiger partial charge in [0.15, 0.2) is 9.84 Å². The van der Waals surface area contributed by atoms with E-state index in [9.17, 15) is 13.2 Å². The fraction of sp³-hybridized carbons (Fsp3) is 0.500. The van der Waals surface area contributed by atoms with Gasteiger partial charge in [0.25, 0.3) is 0 Å². The summed E-state index contributed by atoms with van der Waals surface area (Å²) in [4.78, 5) is 13.7. The van der Waals surface area contributed by atoms with Crippen LogP contribution in [0.4, 0.5) is 0 Å². The van der Waals surface area contributed by atoms with Crippen molar-refractivity contribution >= 4 is 38.9 Å². The fourth-order valence-corrected chi connectivity index (χ4v) is 3.55. The van der Waals surface area contributed by atoms with Gasteiger partial charge in [-0.05, 0) is 24.6 Å². The van der Waals surface area contributed by atoms with E-state index < -0.39 is 15.9 Å². The van der Waals surface area contributed by atoms with Gasteiger partial charge in [0.05, 0.1) is 12.2 Å². The van der Waals surface area contributed by atoms with Gasteiger partial charge in [-0.2, -0.15) is 0 Å². The maximum Gasteiger partial charge on any atom is 0.227 e. The number of halogens is 2. The Morgan fingerprint density at radius 2 is 1.81 bits per heavy atom. The second-order valence-electron chi connectivity index (χ2n) is 4.93. The molecule has 0 fully saturated rings. The second kappa shape index (κ2) is 7.47. The van der Waals surface area contributed by atoms with Crippen LogP contribution < -0.4 is 0 Å². The molecule has 7 heteroatoms. The first kappa shape index (κ1) is 18.3. The zero-order chi connectivity index (χ0) is 16.2. The first-order valence-electron chi connectivity index (χ1n) is 6.57. The number of hydrogen-bond donors (Lipinski definition) is 0. The molecule has 0 bridgehead atoms. The lowest BCUT2D eigenvalue weighted by molar-refractivity contribution is -0.130. The first-order chi connectivity index (χ1) is 9.68. The normalized spacial score (nSPS) is 13.0. The minimum Gasteiger partial charge on any atom is -0.342 e. The number of sulfone groups is 1. The molecule has 1 aromatic carbocycles. The Hall–Kier alpha value is -0.780. The molecular formula is C14H19Cl2NO3S. The molecule has 0 aliphatic heterocycles. The topological polar surface area (TPSA) is 54.5 Å². The molecule has 4 nitrogen and oxygen atoms in total. The summed E-state index contributed by atoms with van der Waals surface area (Å²) in [5, 5.41) is 0.858. The van der Waals surface area contributed by atoms with E-state index in [1.807, 2.05) is 0 Å². The molecule has 1 amide bonds. The smallest absolute Gasteiger partial charge is 0.227 e. The molecule has 1 rings (SSSR count). The molecule has 1 atom stereocenters. The van der Waals surface area contributed by atoms with E-state index in [0.717, 1.165) is 0 Å². The Morgan fingerprint density at radius 1 is 1.29 bits per heavy atom. The van der Waals surface area contributed by atoms with E-state index in [2.05, 4.69) is 0 Å². The van der Waals surface area contributed by atoms with Gasteiger partial charge in [0, 0.05) is 28.9 Å².